The van der Waals surface area contributed by atoms with Crippen molar-refractivity contribution in [2.24, 2.45) is 5.73 Å². The Bertz CT molecular complexity index is 366. The molecule has 0 radical (unpaired) electrons. The van der Waals surface area contributed by atoms with Gasteiger partial charge in [-0.3, -0.25) is 5.41 Å². The number of nitrogens with two attached hydrogens (primary N) is 1. The zero-order valence-corrected chi connectivity index (χ0v) is 9.08. The number of ether oxygens (including phenoxy) is 1. The highest BCUT2D eigenvalue weighted by Crippen LogP contribution is 2.16. The summed E-state index contributed by atoms with van der Waals surface area (Å²) in [5.41, 5.74) is 7.35. The van der Waals surface area contributed by atoms with Crippen molar-refractivity contribution < 1.29 is 4.74 Å². The van der Waals surface area contributed by atoms with Crippen LogP contribution in [0.25, 0.3) is 5.76 Å². The van der Waals surface area contributed by atoms with Crippen molar-refractivity contribution in [2.75, 3.05) is 0 Å². The van der Waals surface area contributed by atoms with Crippen LogP contribution in [0.3, 0.4) is 0 Å². The van der Waals surface area contributed by atoms with Crippen molar-refractivity contribution in [1.82, 2.24) is 0 Å². The number of hydrogen-bond acceptors (Lipinski definition) is 2. The molecule has 0 aliphatic heterocycles. The summed E-state index contributed by atoms with van der Waals surface area (Å²) in [6.45, 7) is 4.04. The third-order valence-corrected chi connectivity index (χ3v) is 1.95. The number of nitrogens with one attached hydrogen (secondary N) is 1. The second-order valence-electron chi connectivity index (χ2n) is 3.31. The molecular weight excluding hydrogens is 188 g/mol. The number of hydrogen-bond donors (Lipinski definition) is 2. The first-order chi connectivity index (χ1) is 7.13. The minimum absolute atomic E-state index is 0.282. The van der Waals surface area contributed by atoms with E-state index in [-0.39, 0.29) is 6.02 Å². The smallest absolute Gasteiger partial charge is 0.284 e. The number of amidine groups is 1. The standard InChI is InChI=1S/C12H16N2O/c1-3-4-11(15-12(13)14)10-7-5-9(2)6-8-10/h4-8H,3H2,1-2H3,(H3,13,14)/b11-4+. The summed E-state index contributed by atoms with van der Waals surface area (Å²) in [6.07, 6.45) is 2.75. The Kier molecular flexibility index (Phi) is 3.92. The van der Waals surface area contributed by atoms with Crippen LogP contribution >= 0.6 is 0 Å². The van der Waals surface area contributed by atoms with Gasteiger partial charge in [0, 0.05) is 5.56 Å². The topological polar surface area (TPSA) is 59.1 Å². The van der Waals surface area contributed by atoms with Crippen LogP contribution in [0.5, 0.6) is 0 Å². The molecule has 0 heterocycles. The molecule has 0 atom stereocenters. The monoisotopic (exact) mass is 204 g/mol. The van der Waals surface area contributed by atoms with Gasteiger partial charge in [-0.05, 0) is 19.4 Å². The van der Waals surface area contributed by atoms with Crippen LogP contribution in [0.4, 0.5) is 0 Å². The summed E-state index contributed by atoms with van der Waals surface area (Å²) in [7, 11) is 0. The Morgan fingerprint density at radius 3 is 2.47 bits per heavy atom. The molecule has 1 rings (SSSR count). The van der Waals surface area contributed by atoms with Gasteiger partial charge in [-0.25, -0.2) is 0 Å². The zero-order valence-electron chi connectivity index (χ0n) is 9.08. The molecule has 0 aromatic heterocycles. The number of allylic oxidation sites excluding steroid dienone is 1. The molecular formula is C12H16N2O. The summed E-state index contributed by atoms with van der Waals surface area (Å²) in [4.78, 5) is 0. The maximum absolute atomic E-state index is 7.11. The minimum atomic E-state index is -0.282. The van der Waals surface area contributed by atoms with Gasteiger partial charge < -0.3 is 10.5 Å². The molecule has 0 aliphatic carbocycles. The third kappa shape index (κ3) is 3.46. The van der Waals surface area contributed by atoms with Gasteiger partial charge in [-0.2, -0.15) is 0 Å². The van der Waals surface area contributed by atoms with Gasteiger partial charge in [0.05, 0.1) is 0 Å². The number of benzene rings is 1. The highest BCUT2D eigenvalue weighted by atomic mass is 16.5. The largest absolute Gasteiger partial charge is 0.426 e. The van der Waals surface area contributed by atoms with E-state index in [9.17, 15) is 0 Å². The van der Waals surface area contributed by atoms with E-state index in [1.165, 1.54) is 5.56 Å². The molecule has 0 saturated carbocycles. The van der Waals surface area contributed by atoms with Crippen LogP contribution in [0, 0.1) is 12.3 Å². The Morgan fingerprint density at radius 2 is 2.00 bits per heavy atom. The highest BCUT2D eigenvalue weighted by molar-refractivity contribution is 5.77. The van der Waals surface area contributed by atoms with Gasteiger partial charge in [0.1, 0.15) is 5.76 Å². The van der Waals surface area contributed by atoms with Gasteiger partial charge >= 0.3 is 0 Å². The lowest BCUT2D eigenvalue weighted by Crippen LogP contribution is -2.13. The van der Waals surface area contributed by atoms with Crippen molar-refractivity contribution >= 4 is 11.8 Å². The average Bonchev–Trinajstić information content (AvgIpc) is 2.17. The fourth-order valence-corrected chi connectivity index (χ4v) is 1.24. The Morgan fingerprint density at radius 1 is 1.40 bits per heavy atom. The molecule has 0 spiro atoms. The summed E-state index contributed by atoms with van der Waals surface area (Å²) < 4.78 is 5.14. The van der Waals surface area contributed by atoms with Crippen molar-refractivity contribution in [3.8, 4) is 0 Å². The lowest BCUT2D eigenvalue weighted by atomic mass is 10.1. The van der Waals surface area contributed by atoms with E-state index in [2.05, 4.69) is 0 Å². The van der Waals surface area contributed by atoms with Crippen LogP contribution < -0.4 is 5.73 Å². The predicted molar refractivity (Wildman–Crippen MR) is 62.4 cm³/mol. The van der Waals surface area contributed by atoms with Gasteiger partial charge in [-0.15, -0.1) is 0 Å². The van der Waals surface area contributed by atoms with Crippen LogP contribution in [0.15, 0.2) is 30.3 Å². The predicted octanol–water partition coefficient (Wildman–Crippen LogP) is 2.66. The first-order valence-electron chi connectivity index (χ1n) is 4.92. The van der Waals surface area contributed by atoms with Crippen molar-refractivity contribution in [1.29, 1.82) is 5.41 Å². The van der Waals surface area contributed by atoms with E-state index in [0.717, 1.165) is 12.0 Å². The van der Waals surface area contributed by atoms with Crippen LogP contribution in [0.2, 0.25) is 0 Å². The fraction of sp³-hybridized carbons (Fsp3) is 0.250. The van der Waals surface area contributed by atoms with Crippen LogP contribution in [-0.2, 0) is 4.74 Å². The van der Waals surface area contributed by atoms with Gasteiger partial charge in [0.25, 0.3) is 6.02 Å². The normalized spacial score (nSPS) is 11.2. The Balaban J connectivity index is 2.94. The average molecular weight is 204 g/mol. The lowest BCUT2D eigenvalue weighted by Gasteiger charge is -2.08. The molecule has 0 bridgehead atoms. The molecule has 1 aromatic carbocycles. The molecule has 0 unspecified atom stereocenters. The molecule has 3 heteroatoms. The van der Waals surface area contributed by atoms with E-state index < -0.39 is 0 Å². The fourth-order valence-electron chi connectivity index (χ4n) is 1.24. The molecule has 0 aliphatic rings. The van der Waals surface area contributed by atoms with E-state index in [1.54, 1.807) is 0 Å². The Labute approximate surface area is 90.1 Å². The van der Waals surface area contributed by atoms with Gasteiger partial charge in [-0.1, -0.05) is 36.8 Å². The van der Waals surface area contributed by atoms with Crippen LogP contribution in [0.1, 0.15) is 24.5 Å². The maximum Gasteiger partial charge on any atom is 0.284 e. The van der Waals surface area contributed by atoms with E-state index in [1.807, 2.05) is 44.2 Å². The van der Waals surface area contributed by atoms with E-state index >= 15 is 0 Å². The second kappa shape index (κ2) is 5.20. The first kappa shape index (κ1) is 11.3. The molecule has 3 nitrogen and oxygen atoms in total. The Hall–Kier alpha value is -1.77. The molecule has 0 amide bonds. The van der Waals surface area contributed by atoms with Gasteiger partial charge in [0.15, 0.2) is 0 Å². The van der Waals surface area contributed by atoms with Crippen molar-refractivity contribution in [3.63, 3.8) is 0 Å². The van der Waals surface area contributed by atoms with E-state index in [4.69, 9.17) is 15.9 Å². The SMILES string of the molecule is CC/C=C(/OC(=N)N)c1ccc(C)cc1. The molecule has 1 aromatic rings. The zero-order chi connectivity index (χ0) is 11.3. The molecule has 0 fully saturated rings. The maximum atomic E-state index is 7.11. The molecule has 80 valence electrons. The number of aryl methyl sites for hydroxylation is 1. The summed E-state index contributed by atoms with van der Waals surface area (Å²) >= 11 is 0. The second-order valence-corrected chi connectivity index (χ2v) is 3.31. The van der Waals surface area contributed by atoms with Gasteiger partial charge in [0.2, 0.25) is 0 Å². The molecule has 3 N–H and O–H groups in total. The summed E-state index contributed by atoms with van der Waals surface area (Å²) in [5.74, 6) is 0.644. The first-order valence-corrected chi connectivity index (χ1v) is 4.92. The van der Waals surface area contributed by atoms with E-state index in [0.29, 0.717) is 5.76 Å². The molecule has 15 heavy (non-hydrogen) atoms. The highest BCUT2D eigenvalue weighted by Gasteiger charge is 2.03. The molecule has 0 saturated heterocycles. The number of rotatable bonds is 3. The van der Waals surface area contributed by atoms with Crippen molar-refractivity contribution in [3.05, 3.63) is 41.5 Å². The van der Waals surface area contributed by atoms with Crippen molar-refractivity contribution in [2.45, 2.75) is 20.3 Å². The minimum Gasteiger partial charge on any atom is -0.426 e. The third-order valence-electron chi connectivity index (χ3n) is 1.95. The quantitative estimate of drug-likeness (QED) is 0.451. The lowest BCUT2D eigenvalue weighted by molar-refractivity contribution is 0.492. The summed E-state index contributed by atoms with van der Waals surface area (Å²) in [5, 5.41) is 7.11. The summed E-state index contributed by atoms with van der Waals surface area (Å²) in [6, 6.07) is 7.64. The van der Waals surface area contributed by atoms with Crippen LogP contribution in [-0.4, -0.2) is 6.02 Å².